The molecule has 0 aliphatic heterocycles. The number of pyridine rings is 1. The van der Waals surface area contributed by atoms with Crippen molar-refractivity contribution in [3.63, 3.8) is 0 Å². The van der Waals surface area contributed by atoms with Crippen molar-refractivity contribution in [3.8, 4) is 17.2 Å². The molecular formula is C22H13Br2N3. The average Bonchev–Trinajstić information content (AvgIpc) is 3.09. The van der Waals surface area contributed by atoms with Crippen molar-refractivity contribution in [2.24, 2.45) is 0 Å². The molecule has 5 heteroatoms. The van der Waals surface area contributed by atoms with E-state index < -0.39 is 0 Å². The van der Waals surface area contributed by atoms with Gasteiger partial charge in [-0.05, 0) is 53.6 Å². The van der Waals surface area contributed by atoms with Gasteiger partial charge in [0.15, 0.2) is 0 Å². The summed E-state index contributed by atoms with van der Waals surface area (Å²) in [7, 11) is 0. The molecule has 2 aromatic heterocycles. The van der Waals surface area contributed by atoms with Crippen molar-refractivity contribution in [3.05, 3.63) is 87.2 Å². The molecule has 1 N–H and O–H groups in total. The SMILES string of the molecule is N#CC(=Cc1cnccc1-c1cccc(Br)c1)c1c[nH]c2ccc(Br)cc12. The van der Waals surface area contributed by atoms with Gasteiger partial charge in [0.1, 0.15) is 0 Å². The molecule has 3 nitrogen and oxygen atoms in total. The van der Waals surface area contributed by atoms with Crippen molar-refractivity contribution < 1.29 is 0 Å². The molecular weight excluding hydrogens is 466 g/mol. The average molecular weight is 479 g/mol. The molecule has 0 saturated carbocycles. The van der Waals surface area contributed by atoms with Crippen LogP contribution in [-0.4, -0.2) is 9.97 Å². The number of rotatable bonds is 3. The van der Waals surface area contributed by atoms with Crippen molar-refractivity contribution in [2.75, 3.05) is 0 Å². The van der Waals surface area contributed by atoms with Gasteiger partial charge in [-0.1, -0.05) is 44.0 Å². The zero-order chi connectivity index (χ0) is 18.8. The van der Waals surface area contributed by atoms with Crippen molar-refractivity contribution in [1.29, 1.82) is 5.26 Å². The molecule has 0 fully saturated rings. The predicted octanol–water partition coefficient (Wildman–Crippen LogP) is 6.82. The molecule has 0 aliphatic carbocycles. The van der Waals surface area contributed by atoms with E-state index in [1.54, 1.807) is 12.4 Å². The van der Waals surface area contributed by atoms with Gasteiger partial charge >= 0.3 is 0 Å². The summed E-state index contributed by atoms with van der Waals surface area (Å²) in [6.45, 7) is 0. The van der Waals surface area contributed by atoms with E-state index in [2.05, 4.69) is 54.0 Å². The molecule has 0 saturated heterocycles. The number of aromatic nitrogens is 2. The van der Waals surface area contributed by atoms with Crippen LogP contribution in [0.5, 0.6) is 0 Å². The van der Waals surface area contributed by atoms with Gasteiger partial charge in [-0.15, -0.1) is 0 Å². The summed E-state index contributed by atoms with van der Waals surface area (Å²) < 4.78 is 1.98. The Kier molecular flexibility index (Phi) is 4.93. The lowest BCUT2D eigenvalue weighted by Crippen LogP contribution is -1.87. The van der Waals surface area contributed by atoms with Crippen LogP contribution in [0.4, 0.5) is 0 Å². The first-order valence-electron chi connectivity index (χ1n) is 8.24. The largest absolute Gasteiger partial charge is 0.361 e. The number of nitriles is 1. The predicted molar refractivity (Wildman–Crippen MR) is 117 cm³/mol. The number of H-pyrrole nitrogens is 1. The van der Waals surface area contributed by atoms with Crippen LogP contribution in [0.3, 0.4) is 0 Å². The first-order valence-corrected chi connectivity index (χ1v) is 9.83. The zero-order valence-corrected chi connectivity index (χ0v) is 17.3. The maximum absolute atomic E-state index is 9.82. The molecule has 4 aromatic rings. The standard InChI is InChI=1S/C22H13Br2N3/c23-17-3-1-2-14(9-17)19-6-7-26-12-16(19)8-15(11-25)21-13-27-22-5-4-18(24)10-20(21)22/h1-10,12-13,27H. The van der Waals surface area contributed by atoms with Crippen LogP contribution >= 0.6 is 31.9 Å². The second kappa shape index (κ2) is 7.51. The smallest absolute Gasteiger partial charge is 0.0998 e. The summed E-state index contributed by atoms with van der Waals surface area (Å²) in [6.07, 6.45) is 7.33. The fraction of sp³-hybridized carbons (Fsp3) is 0. The van der Waals surface area contributed by atoms with Crippen molar-refractivity contribution in [2.45, 2.75) is 0 Å². The molecule has 130 valence electrons. The van der Waals surface area contributed by atoms with Gasteiger partial charge in [0.05, 0.1) is 11.6 Å². The summed E-state index contributed by atoms with van der Waals surface area (Å²) >= 11 is 7.03. The van der Waals surface area contributed by atoms with E-state index in [1.807, 2.05) is 54.7 Å². The maximum Gasteiger partial charge on any atom is 0.0998 e. The highest BCUT2D eigenvalue weighted by molar-refractivity contribution is 9.10. The molecule has 0 spiro atoms. The Balaban J connectivity index is 1.87. The van der Waals surface area contributed by atoms with Crippen molar-refractivity contribution in [1.82, 2.24) is 9.97 Å². The number of hydrogen-bond donors (Lipinski definition) is 1. The Labute approximate surface area is 173 Å². The fourth-order valence-electron chi connectivity index (χ4n) is 3.08. The van der Waals surface area contributed by atoms with Crippen molar-refractivity contribution >= 4 is 54.4 Å². The Hall–Kier alpha value is -2.68. The fourth-order valence-corrected chi connectivity index (χ4v) is 3.84. The normalized spacial score (nSPS) is 11.5. The first-order chi connectivity index (χ1) is 13.2. The van der Waals surface area contributed by atoms with Gasteiger partial charge in [-0.3, -0.25) is 4.98 Å². The third-order valence-electron chi connectivity index (χ3n) is 4.34. The van der Waals surface area contributed by atoms with Crippen LogP contribution in [0.2, 0.25) is 0 Å². The molecule has 4 rings (SSSR count). The van der Waals surface area contributed by atoms with Crippen LogP contribution in [0, 0.1) is 11.3 Å². The Bertz CT molecular complexity index is 1220. The number of halogens is 2. The van der Waals surface area contributed by atoms with Crippen LogP contribution in [0.25, 0.3) is 33.7 Å². The Morgan fingerprint density at radius 3 is 2.74 bits per heavy atom. The lowest BCUT2D eigenvalue weighted by molar-refractivity contribution is 1.32. The summed E-state index contributed by atoms with van der Waals surface area (Å²) in [4.78, 5) is 7.49. The molecule has 27 heavy (non-hydrogen) atoms. The van der Waals surface area contributed by atoms with Crippen LogP contribution in [0.1, 0.15) is 11.1 Å². The second-order valence-corrected chi connectivity index (χ2v) is 7.87. The quantitative estimate of drug-likeness (QED) is 0.328. The summed E-state index contributed by atoms with van der Waals surface area (Å²) in [5, 5.41) is 10.8. The lowest BCUT2D eigenvalue weighted by Gasteiger charge is -2.07. The molecule has 0 atom stereocenters. The molecule has 0 radical (unpaired) electrons. The number of fused-ring (bicyclic) bond motifs is 1. The number of allylic oxidation sites excluding steroid dienone is 1. The zero-order valence-electron chi connectivity index (χ0n) is 14.1. The number of aromatic amines is 1. The molecule has 0 bridgehead atoms. The molecule has 0 unspecified atom stereocenters. The first kappa shape index (κ1) is 17.7. The monoisotopic (exact) mass is 477 g/mol. The van der Waals surface area contributed by atoms with E-state index in [0.717, 1.165) is 42.1 Å². The highest BCUT2D eigenvalue weighted by Gasteiger charge is 2.11. The number of nitrogens with one attached hydrogen (secondary N) is 1. The second-order valence-electron chi connectivity index (χ2n) is 6.04. The van der Waals surface area contributed by atoms with Crippen LogP contribution in [0.15, 0.2) is 76.1 Å². The Morgan fingerprint density at radius 2 is 1.93 bits per heavy atom. The van der Waals surface area contributed by atoms with Gasteiger partial charge in [0, 0.05) is 49.6 Å². The number of benzene rings is 2. The number of nitrogens with zero attached hydrogens (tertiary/aromatic N) is 2. The molecule has 0 aliphatic rings. The van der Waals surface area contributed by atoms with E-state index in [1.165, 1.54) is 0 Å². The molecule has 2 aromatic carbocycles. The van der Waals surface area contributed by atoms with Gasteiger partial charge < -0.3 is 4.98 Å². The minimum absolute atomic E-state index is 0.587. The van der Waals surface area contributed by atoms with Gasteiger partial charge in [0.25, 0.3) is 0 Å². The minimum atomic E-state index is 0.587. The third kappa shape index (κ3) is 3.59. The maximum atomic E-state index is 9.82. The third-order valence-corrected chi connectivity index (χ3v) is 5.33. The van der Waals surface area contributed by atoms with E-state index >= 15 is 0 Å². The topological polar surface area (TPSA) is 52.5 Å². The molecule has 0 amide bonds. The van der Waals surface area contributed by atoms with Crippen LogP contribution in [-0.2, 0) is 0 Å². The van der Waals surface area contributed by atoms with Crippen LogP contribution < -0.4 is 0 Å². The van der Waals surface area contributed by atoms with E-state index in [9.17, 15) is 5.26 Å². The number of hydrogen-bond acceptors (Lipinski definition) is 2. The highest BCUT2D eigenvalue weighted by Crippen LogP contribution is 2.31. The van der Waals surface area contributed by atoms with E-state index in [4.69, 9.17) is 0 Å². The van der Waals surface area contributed by atoms with Gasteiger partial charge in [-0.2, -0.15) is 5.26 Å². The Morgan fingerprint density at radius 1 is 1.07 bits per heavy atom. The highest BCUT2D eigenvalue weighted by atomic mass is 79.9. The summed E-state index contributed by atoms with van der Waals surface area (Å²) in [5.41, 5.74) is 5.45. The summed E-state index contributed by atoms with van der Waals surface area (Å²) in [5.74, 6) is 0. The van der Waals surface area contributed by atoms with Gasteiger partial charge in [-0.25, -0.2) is 0 Å². The summed E-state index contributed by atoms with van der Waals surface area (Å²) in [6, 6.07) is 18.4. The van der Waals surface area contributed by atoms with E-state index in [0.29, 0.717) is 5.57 Å². The lowest BCUT2D eigenvalue weighted by atomic mass is 9.98. The van der Waals surface area contributed by atoms with Gasteiger partial charge in [0.2, 0.25) is 0 Å². The minimum Gasteiger partial charge on any atom is -0.361 e. The molecule has 2 heterocycles. The van der Waals surface area contributed by atoms with E-state index in [-0.39, 0.29) is 0 Å².